The molecule has 0 fully saturated rings. The van der Waals surface area contributed by atoms with Gasteiger partial charge in [-0.3, -0.25) is 9.78 Å². The largest absolute Gasteiger partial charge is 0.379 e. The highest BCUT2D eigenvalue weighted by atomic mass is 32.1. The molecule has 0 atom stereocenters. The molecular formula is C9H9N3OS. The molecule has 2 aromatic heterocycles. The summed E-state index contributed by atoms with van der Waals surface area (Å²) in [5.41, 5.74) is 1.89. The summed E-state index contributed by atoms with van der Waals surface area (Å²) in [6, 6.07) is 3.76. The number of hydrogen-bond acceptors (Lipinski definition) is 4. The topological polar surface area (TPSA) is 57.8 Å². The minimum atomic E-state index is -0.0171. The van der Waals surface area contributed by atoms with E-state index >= 15 is 0 Å². The van der Waals surface area contributed by atoms with Gasteiger partial charge in [-0.05, 0) is 12.1 Å². The second-order valence-electron chi connectivity index (χ2n) is 2.76. The Morgan fingerprint density at radius 3 is 2.86 bits per heavy atom. The Balaban J connectivity index is 1.98. The van der Waals surface area contributed by atoms with Gasteiger partial charge >= 0.3 is 4.87 Å². The van der Waals surface area contributed by atoms with E-state index in [1.54, 1.807) is 12.4 Å². The van der Waals surface area contributed by atoms with Crippen LogP contribution in [0.3, 0.4) is 0 Å². The lowest BCUT2D eigenvalue weighted by molar-refractivity contribution is 1.06. The van der Waals surface area contributed by atoms with Crippen molar-refractivity contribution in [1.82, 2.24) is 9.97 Å². The maximum Gasteiger partial charge on any atom is 0.304 e. The summed E-state index contributed by atoms with van der Waals surface area (Å²) in [7, 11) is 0. The lowest BCUT2D eigenvalue weighted by Gasteiger charge is -2.02. The monoisotopic (exact) mass is 207 g/mol. The molecule has 0 aromatic carbocycles. The minimum absolute atomic E-state index is 0.0171. The third-order valence-corrected chi connectivity index (χ3v) is 2.45. The zero-order chi connectivity index (χ0) is 9.80. The Morgan fingerprint density at radius 1 is 1.43 bits per heavy atom. The second kappa shape index (κ2) is 4.06. The van der Waals surface area contributed by atoms with Crippen LogP contribution in [-0.2, 0) is 6.54 Å². The van der Waals surface area contributed by atoms with E-state index < -0.39 is 0 Å². The van der Waals surface area contributed by atoms with Crippen LogP contribution < -0.4 is 10.2 Å². The highest BCUT2D eigenvalue weighted by molar-refractivity contribution is 7.07. The van der Waals surface area contributed by atoms with Gasteiger partial charge in [0, 0.05) is 29.2 Å². The van der Waals surface area contributed by atoms with Gasteiger partial charge in [0.2, 0.25) is 0 Å². The Bertz CT molecular complexity index is 448. The molecule has 0 bridgehead atoms. The van der Waals surface area contributed by atoms with Crippen LogP contribution in [0, 0.1) is 0 Å². The quantitative estimate of drug-likeness (QED) is 0.800. The van der Waals surface area contributed by atoms with Crippen molar-refractivity contribution in [3.8, 4) is 0 Å². The van der Waals surface area contributed by atoms with Crippen LogP contribution >= 0.6 is 11.3 Å². The molecule has 0 amide bonds. The van der Waals surface area contributed by atoms with Crippen LogP contribution in [0.5, 0.6) is 0 Å². The van der Waals surface area contributed by atoms with E-state index in [0.717, 1.165) is 11.4 Å². The first kappa shape index (κ1) is 8.96. The molecule has 2 N–H and O–H groups in total. The number of pyridine rings is 1. The summed E-state index contributed by atoms with van der Waals surface area (Å²) in [5, 5.41) is 4.99. The minimum Gasteiger partial charge on any atom is -0.379 e. The van der Waals surface area contributed by atoms with Gasteiger partial charge in [-0.1, -0.05) is 11.3 Å². The zero-order valence-corrected chi connectivity index (χ0v) is 8.17. The molecule has 14 heavy (non-hydrogen) atoms. The van der Waals surface area contributed by atoms with Crippen molar-refractivity contribution in [2.24, 2.45) is 0 Å². The smallest absolute Gasteiger partial charge is 0.304 e. The van der Waals surface area contributed by atoms with Gasteiger partial charge in [0.15, 0.2) is 0 Å². The molecule has 2 aromatic rings. The second-order valence-corrected chi connectivity index (χ2v) is 3.61. The average Bonchev–Trinajstić information content (AvgIpc) is 2.63. The molecule has 0 saturated carbocycles. The average molecular weight is 207 g/mol. The van der Waals surface area contributed by atoms with Crippen molar-refractivity contribution < 1.29 is 0 Å². The Kier molecular flexibility index (Phi) is 2.60. The van der Waals surface area contributed by atoms with Crippen molar-refractivity contribution in [3.63, 3.8) is 0 Å². The van der Waals surface area contributed by atoms with Gasteiger partial charge in [0.25, 0.3) is 0 Å². The highest BCUT2D eigenvalue weighted by Crippen LogP contribution is 2.05. The molecule has 0 unspecified atom stereocenters. The Hall–Kier alpha value is -1.62. The fourth-order valence-corrected chi connectivity index (χ4v) is 1.65. The number of thiazole rings is 1. The SMILES string of the molecule is O=c1[nH]c(CNc2ccncc2)cs1. The van der Waals surface area contributed by atoms with Gasteiger partial charge in [-0.2, -0.15) is 0 Å². The van der Waals surface area contributed by atoms with E-state index in [1.165, 1.54) is 11.3 Å². The fraction of sp³-hybridized carbons (Fsp3) is 0.111. The first-order valence-corrected chi connectivity index (χ1v) is 5.03. The number of rotatable bonds is 3. The third kappa shape index (κ3) is 2.20. The number of anilines is 1. The standard InChI is InChI=1S/C9H9N3OS/c13-9-12-8(6-14-9)5-11-7-1-3-10-4-2-7/h1-4,6H,5H2,(H,10,11)(H,12,13). The van der Waals surface area contributed by atoms with Gasteiger partial charge in [-0.25, -0.2) is 0 Å². The summed E-state index contributed by atoms with van der Waals surface area (Å²) in [4.78, 5) is 17.4. The number of nitrogens with zero attached hydrogens (tertiary/aromatic N) is 1. The summed E-state index contributed by atoms with van der Waals surface area (Å²) in [6.07, 6.45) is 3.44. The highest BCUT2D eigenvalue weighted by Gasteiger charge is 1.95. The molecule has 4 nitrogen and oxygen atoms in total. The van der Waals surface area contributed by atoms with Crippen LogP contribution in [0.1, 0.15) is 5.69 Å². The molecule has 0 saturated heterocycles. The van der Waals surface area contributed by atoms with Crippen molar-refractivity contribution in [1.29, 1.82) is 0 Å². The summed E-state index contributed by atoms with van der Waals surface area (Å²) in [5.74, 6) is 0. The molecule has 72 valence electrons. The number of H-pyrrole nitrogens is 1. The zero-order valence-electron chi connectivity index (χ0n) is 7.36. The molecule has 0 radical (unpaired) electrons. The lowest BCUT2D eigenvalue weighted by Crippen LogP contribution is -2.02. The van der Waals surface area contributed by atoms with Gasteiger partial charge in [-0.15, -0.1) is 0 Å². The molecule has 0 spiro atoms. The van der Waals surface area contributed by atoms with Gasteiger partial charge in [0.05, 0.1) is 6.54 Å². The van der Waals surface area contributed by atoms with Gasteiger partial charge < -0.3 is 10.3 Å². The number of nitrogens with one attached hydrogen (secondary N) is 2. The maximum absolute atomic E-state index is 10.8. The first-order chi connectivity index (χ1) is 6.84. The molecular weight excluding hydrogens is 198 g/mol. The maximum atomic E-state index is 10.8. The van der Waals surface area contributed by atoms with Crippen molar-refractivity contribution in [2.75, 3.05) is 5.32 Å². The number of hydrogen-bond donors (Lipinski definition) is 2. The van der Waals surface area contributed by atoms with E-state index in [4.69, 9.17) is 0 Å². The van der Waals surface area contributed by atoms with Crippen LogP contribution in [-0.4, -0.2) is 9.97 Å². The summed E-state index contributed by atoms with van der Waals surface area (Å²) < 4.78 is 0. The van der Waals surface area contributed by atoms with Crippen LogP contribution in [0.4, 0.5) is 5.69 Å². The van der Waals surface area contributed by atoms with Crippen LogP contribution in [0.15, 0.2) is 34.7 Å². The summed E-state index contributed by atoms with van der Waals surface area (Å²) in [6.45, 7) is 0.628. The van der Waals surface area contributed by atoms with E-state index in [0.29, 0.717) is 6.54 Å². The first-order valence-electron chi connectivity index (χ1n) is 4.15. The molecule has 2 heterocycles. The third-order valence-electron chi connectivity index (χ3n) is 1.73. The van der Waals surface area contributed by atoms with Crippen molar-refractivity contribution in [2.45, 2.75) is 6.54 Å². The van der Waals surface area contributed by atoms with E-state index in [-0.39, 0.29) is 4.87 Å². The molecule has 2 rings (SSSR count). The van der Waals surface area contributed by atoms with E-state index in [2.05, 4.69) is 15.3 Å². The fourth-order valence-electron chi connectivity index (χ4n) is 1.07. The predicted molar refractivity (Wildman–Crippen MR) is 56.5 cm³/mol. The number of aromatic nitrogens is 2. The number of aromatic amines is 1. The Morgan fingerprint density at radius 2 is 2.21 bits per heavy atom. The predicted octanol–water partition coefficient (Wildman–Crippen LogP) is 1.44. The van der Waals surface area contributed by atoms with Crippen molar-refractivity contribution in [3.05, 3.63) is 45.3 Å². The Labute approximate surface area is 84.6 Å². The lowest BCUT2D eigenvalue weighted by atomic mass is 10.4. The van der Waals surface area contributed by atoms with Crippen LogP contribution in [0.2, 0.25) is 0 Å². The van der Waals surface area contributed by atoms with Crippen LogP contribution in [0.25, 0.3) is 0 Å². The molecule has 0 aliphatic rings. The summed E-state index contributed by atoms with van der Waals surface area (Å²) >= 11 is 1.18. The van der Waals surface area contributed by atoms with Crippen molar-refractivity contribution >= 4 is 17.0 Å². The normalized spacial score (nSPS) is 10.0. The van der Waals surface area contributed by atoms with E-state index in [9.17, 15) is 4.79 Å². The molecule has 0 aliphatic carbocycles. The molecule has 0 aliphatic heterocycles. The van der Waals surface area contributed by atoms with Gasteiger partial charge in [0.1, 0.15) is 0 Å². The van der Waals surface area contributed by atoms with E-state index in [1.807, 2.05) is 17.5 Å². The molecule has 5 heteroatoms.